The SMILES string of the molecule is O=C(c1cnccn1)N1CCN(c2cccc3c2C(=O)N(CCc2ccc(F)cc2)C3=O)CC1. The maximum atomic E-state index is 13.2. The van der Waals surface area contributed by atoms with Crippen LogP contribution in [0.5, 0.6) is 0 Å². The number of hydrogen-bond donors (Lipinski definition) is 0. The molecule has 2 aliphatic heterocycles. The van der Waals surface area contributed by atoms with Crippen LogP contribution >= 0.6 is 0 Å². The molecule has 34 heavy (non-hydrogen) atoms. The van der Waals surface area contributed by atoms with Gasteiger partial charge in [-0.1, -0.05) is 18.2 Å². The lowest BCUT2D eigenvalue weighted by atomic mass is 10.1. The Kier molecular flexibility index (Phi) is 5.75. The quantitative estimate of drug-likeness (QED) is 0.545. The van der Waals surface area contributed by atoms with Crippen LogP contribution in [0.3, 0.4) is 0 Å². The molecule has 1 fully saturated rings. The maximum absolute atomic E-state index is 13.2. The van der Waals surface area contributed by atoms with E-state index < -0.39 is 0 Å². The van der Waals surface area contributed by atoms with Gasteiger partial charge in [-0.3, -0.25) is 24.3 Å². The average molecular weight is 459 g/mol. The second-order valence-electron chi connectivity index (χ2n) is 8.21. The number of aromatic nitrogens is 2. The van der Waals surface area contributed by atoms with E-state index in [-0.39, 0.29) is 30.1 Å². The van der Waals surface area contributed by atoms with Gasteiger partial charge in [0.15, 0.2) is 0 Å². The van der Waals surface area contributed by atoms with Crippen LogP contribution in [0, 0.1) is 5.82 Å². The van der Waals surface area contributed by atoms with Gasteiger partial charge in [-0.25, -0.2) is 9.37 Å². The minimum Gasteiger partial charge on any atom is -0.367 e. The number of hydrogen-bond acceptors (Lipinski definition) is 6. The number of halogens is 1. The molecule has 0 unspecified atom stereocenters. The summed E-state index contributed by atoms with van der Waals surface area (Å²) in [6, 6.07) is 11.3. The molecule has 2 aliphatic rings. The molecular weight excluding hydrogens is 437 g/mol. The molecule has 0 aliphatic carbocycles. The van der Waals surface area contributed by atoms with Gasteiger partial charge >= 0.3 is 0 Å². The molecule has 1 saturated heterocycles. The first-order valence-electron chi connectivity index (χ1n) is 11.1. The van der Waals surface area contributed by atoms with Crippen molar-refractivity contribution in [3.05, 3.63) is 89.3 Å². The van der Waals surface area contributed by atoms with Crippen molar-refractivity contribution in [3.8, 4) is 0 Å². The molecule has 3 heterocycles. The van der Waals surface area contributed by atoms with Crippen LogP contribution in [0.2, 0.25) is 0 Å². The topological polar surface area (TPSA) is 86.7 Å². The smallest absolute Gasteiger partial charge is 0.274 e. The zero-order valence-electron chi connectivity index (χ0n) is 18.4. The molecule has 0 atom stereocenters. The Morgan fingerprint density at radius 1 is 0.941 bits per heavy atom. The van der Waals surface area contributed by atoms with Crippen molar-refractivity contribution >= 4 is 23.4 Å². The lowest BCUT2D eigenvalue weighted by molar-refractivity contribution is 0.0654. The minimum atomic E-state index is -0.326. The number of benzene rings is 2. The number of carbonyl (C=O) groups excluding carboxylic acids is 3. The number of fused-ring (bicyclic) bond motifs is 1. The number of piperazine rings is 1. The Labute approximate surface area is 195 Å². The monoisotopic (exact) mass is 459 g/mol. The Bertz CT molecular complexity index is 1240. The van der Waals surface area contributed by atoms with Crippen molar-refractivity contribution in [2.75, 3.05) is 37.6 Å². The van der Waals surface area contributed by atoms with Crippen LogP contribution < -0.4 is 4.90 Å². The molecule has 2 aromatic carbocycles. The molecule has 1 aromatic heterocycles. The van der Waals surface area contributed by atoms with Crippen LogP contribution in [0.15, 0.2) is 61.1 Å². The Morgan fingerprint density at radius 2 is 1.71 bits per heavy atom. The van der Waals surface area contributed by atoms with E-state index in [1.807, 2.05) is 11.0 Å². The fourth-order valence-electron chi connectivity index (χ4n) is 4.40. The first-order chi connectivity index (χ1) is 16.5. The third kappa shape index (κ3) is 4.00. The van der Waals surface area contributed by atoms with Crippen molar-refractivity contribution in [2.45, 2.75) is 6.42 Å². The summed E-state index contributed by atoms with van der Waals surface area (Å²) in [4.78, 5) is 51.9. The summed E-state index contributed by atoms with van der Waals surface area (Å²) >= 11 is 0. The first kappa shape index (κ1) is 21.7. The van der Waals surface area contributed by atoms with E-state index in [0.29, 0.717) is 55.1 Å². The fraction of sp³-hybridized carbons (Fsp3) is 0.240. The van der Waals surface area contributed by atoms with Crippen molar-refractivity contribution < 1.29 is 18.8 Å². The zero-order valence-corrected chi connectivity index (χ0v) is 18.4. The van der Waals surface area contributed by atoms with Gasteiger partial charge < -0.3 is 9.80 Å². The standard InChI is InChI=1S/C25H22FN5O3/c26-18-6-4-17(5-7-18)8-11-31-23(32)19-2-1-3-21(22(19)25(31)34)29-12-14-30(15-13-29)24(33)20-16-27-9-10-28-20/h1-7,9-10,16H,8,11-15H2. The largest absolute Gasteiger partial charge is 0.367 e. The molecule has 172 valence electrons. The van der Waals surface area contributed by atoms with E-state index >= 15 is 0 Å². The number of rotatable bonds is 5. The summed E-state index contributed by atoms with van der Waals surface area (Å²) in [6.07, 6.45) is 4.90. The highest BCUT2D eigenvalue weighted by Crippen LogP contribution is 2.32. The van der Waals surface area contributed by atoms with Gasteiger partial charge in [0.2, 0.25) is 0 Å². The summed E-state index contributed by atoms with van der Waals surface area (Å²) in [7, 11) is 0. The summed E-state index contributed by atoms with van der Waals surface area (Å²) < 4.78 is 13.2. The lowest BCUT2D eigenvalue weighted by Crippen LogP contribution is -2.49. The van der Waals surface area contributed by atoms with E-state index in [0.717, 1.165) is 5.56 Å². The van der Waals surface area contributed by atoms with E-state index in [2.05, 4.69) is 9.97 Å². The molecule has 8 nitrogen and oxygen atoms in total. The summed E-state index contributed by atoms with van der Waals surface area (Å²) in [6.45, 7) is 2.21. The van der Waals surface area contributed by atoms with Crippen LogP contribution in [0.1, 0.15) is 36.8 Å². The third-order valence-corrected chi connectivity index (χ3v) is 6.20. The zero-order chi connectivity index (χ0) is 23.7. The number of carbonyl (C=O) groups is 3. The second kappa shape index (κ2) is 9.01. The molecule has 3 aromatic rings. The molecule has 0 spiro atoms. The summed E-state index contributed by atoms with van der Waals surface area (Å²) in [5, 5.41) is 0. The van der Waals surface area contributed by atoms with Crippen molar-refractivity contribution in [3.63, 3.8) is 0 Å². The highest BCUT2D eigenvalue weighted by molar-refractivity contribution is 6.23. The van der Waals surface area contributed by atoms with E-state index in [1.165, 1.54) is 35.6 Å². The summed E-state index contributed by atoms with van der Waals surface area (Å²) in [5.74, 6) is -1.15. The predicted molar refractivity (Wildman–Crippen MR) is 122 cm³/mol. The van der Waals surface area contributed by atoms with Gasteiger partial charge in [-0.15, -0.1) is 0 Å². The number of anilines is 1. The van der Waals surface area contributed by atoms with E-state index in [4.69, 9.17) is 0 Å². The van der Waals surface area contributed by atoms with Crippen LogP contribution in [0.4, 0.5) is 10.1 Å². The number of nitrogens with zero attached hydrogens (tertiary/aromatic N) is 5. The number of imide groups is 1. The molecule has 5 rings (SSSR count). The van der Waals surface area contributed by atoms with Gasteiger partial charge in [0, 0.05) is 45.1 Å². The molecule has 9 heteroatoms. The van der Waals surface area contributed by atoms with Gasteiger partial charge in [0.05, 0.1) is 23.0 Å². The summed E-state index contributed by atoms with van der Waals surface area (Å²) in [5.41, 5.74) is 2.64. The normalized spacial score (nSPS) is 15.6. The first-order valence-corrected chi connectivity index (χ1v) is 11.1. The maximum Gasteiger partial charge on any atom is 0.274 e. The van der Waals surface area contributed by atoms with Crippen LogP contribution in [-0.4, -0.2) is 70.2 Å². The molecule has 3 amide bonds. The number of amides is 3. The third-order valence-electron chi connectivity index (χ3n) is 6.20. The lowest BCUT2D eigenvalue weighted by Gasteiger charge is -2.36. The van der Waals surface area contributed by atoms with Crippen LogP contribution in [-0.2, 0) is 6.42 Å². The molecule has 0 saturated carbocycles. The molecule has 0 N–H and O–H groups in total. The van der Waals surface area contributed by atoms with Gasteiger partial charge in [0.1, 0.15) is 11.5 Å². The van der Waals surface area contributed by atoms with Crippen LogP contribution in [0.25, 0.3) is 0 Å². The van der Waals surface area contributed by atoms with Crippen molar-refractivity contribution in [1.29, 1.82) is 0 Å². The van der Waals surface area contributed by atoms with Crippen molar-refractivity contribution in [2.24, 2.45) is 0 Å². The molecular formula is C25H22FN5O3. The Hall–Kier alpha value is -4.14. The van der Waals surface area contributed by atoms with Gasteiger partial charge in [-0.2, -0.15) is 0 Å². The highest BCUT2D eigenvalue weighted by Gasteiger charge is 2.38. The van der Waals surface area contributed by atoms with Gasteiger partial charge in [0.25, 0.3) is 17.7 Å². The Morgan fingerprint density at radius 3 is 2.41 bits per heavy atom. The average Bonchev–Trinajstić information content (AvgIpc) is 3.13. The van der Waals surface area contributed by atoms with Crippen molar-refractivity contribution in [1.82, 2.24) is 19.8 Å². The van der Waals surface area contributed by atoms with E-state index in [9.17, 15) is 18.8 Å². The fourth-order valence-corrected chi connectivity index (χ4v) is 4.40. The second-order valence-corrected chi connectivity index (χ2v) is 8.21. The minimum absolute atomic E-state index is 0.177. The molecule has 0 radical (unpaired) electrons. The highest BCUT2D eigenvalue weighted by atomic mass is 19.1. The predicted octanol–water partition coefficient (Wildman–Crippen LogP) is 2.42. The molecule has 0 bridgehead atoms. The Balaban J connectivity index is 1.29. The van der Waals surface area contributed by atoms with Gasteiger partial charge in [-0.05, 0) is 36.2 Å². The van der Waals surface area contributed by atoms with E-state index in [1.54, 1.807) is 29.2 Å².